The maximum atomic E-state index is 12.6. The molecule has 1 atom stereocenters. The van der Waals surface area contributed by atoms with Gasteiger partial charge in [0.15, 0.2) is 0 Å². The normalized spacial score (nSPS) is 12.5. The number of carbonyl (C=O) groups is 1. The molecule has 0 bridgehead atoms. The van der Waals surface area contributed by atoms with Gasteiger partial charge in [0.25, 0.3) is 0 Å². The van der Waals surface area contributed by atoms with Crippen molar-refractivity contribution in [3.8, 4) is 5.75 Å². The van der Waals surface area contributed by atoms with Crippen molar-refractivity contribution in [2.24, 2.45) is 0 Å². The van der Waals surface area contributed by atoms with Gasteiger partial charge >= 0.3 is 0 Å². The van der Waals surface area contributed by atoms with Crippen molar-refractivity contribution in [2.75, 3.05) is 11.9 Å². The molecule has 9 heteroatoms. The molecule has 0 saturated heterocycles. The maximum absolute atomic E-state index is 12.6. The topological polar surface area (TPSA) is 84.5 Å². The van der Waals surface area contributed by atoms with Crippen molar-refractivity contribution < 1.29 is 17.9 Å². The second-order valence-electron chi connectivity index (χ2n) is 5.82. The molecular weight excluding hydrogens is 411 g/mol. The number of hydrogen-bond donors (Lipinski definition) is 2. The number of amides is 1. The Labute approximate surface area is 168 Å². The summed E-state index contributed by atoms with van der Waals surface area (Å²) in [6.07, 6.45) is 0. The average Bonchev–Trinajstić information content (AvgIpc) is 2.58. The van der Waals surface area contributed by atoms with E-state index in [4.69, 9.17) is 27.9 Å². The zero-order valence-corrected chi connectivity index (χ0v) is 17.4. The SMILES string of the molecule is CCOc1ccc(S(=O)(=O)N[C@@H](C)C(=O)Nc2ccc(Cl)cc2Cl)cc1C. The zero-order valence-electron chi connectivity index (χ0n) is 15.0. The lowest BCUT2D eigenvalue weighted by atomic mass is 10.2. The smallest absolute Gasteiger partial charge is 0.242 e. The van der Waals surface area contributed by atoms with Crippen LogP contribution >= 0.6 is 23.2 Å². The molecule has 1 amide bonds. The number of benzene rings is 2. The number of halogens is 2. The second-order valence-corrected chi connectivity index (χ2v) is 8.37. The highest BCUT2D eigenvalue weighted by Crippen LogP contribution is 2.26. The van der Waals surface area contributed by atoms with Crippen molar-refractivity contribution in [2.45, 2.75) is 31.7 Å². The first-order valence-electron chi connectivity index (χ1n) is 8.15. The molecule has 0 aromatic heterocycles. The number of nitrogens with one attached hydrogen (secondary N) is 2. The number of hydrogen-bond acceptors (Lipinski definition) is 4. The predicted molar refractivity (Wildman–Crippen MR) is 107 cm³/mol. The Morgan fingerprint density at radius 1 is 1.19 bits per heavy atom. The number of sulfonamides is 1. The third-order valence-electron chi connectivity index (χ3n) is 3.67. The lowest BCUT2D eigenvalue weighted by Gasteiger charge is -2.16. The van der Waals surface area contributed by atoms with E-state index in [1.54, 1.807) is 25.1 Å². The molecule has 27 heavy (non-hydrogen) atoms. The summed E-state index contributed by atoms with van der Waals surface area (Å²) in [4.78, 5) is 12.4. The van der Waals surface area contributed by atoms with Crippen LogP contribution in [-0.2, 0) is 14.8 Å². The van der Waals surface area contributed by atoms with Gasteiger partial charge in [0.05, 0.1) is 28.3 Å². The van der Waals surface area contributed by atoms with Crippen LogP contribution in [0.4, 0.5) is 5.69 Å². The minimum Gasteiger partial charge on any atom is -0.494 e. The van der Waals surface area contributed by atoms with Crippen LogP contribution in [0.5, 0.6) is 5.75 Å². The summed E-state index contributed by atoms with van der Waals surface area (Å²) in [6.45, 7) is 5.52. The van der Waals surface area contributed by atoms with Crippen LogP contribution in [0.3, 0.4) is 0 Å². The van der Waals surface area contributed by atoms with Crippen LogP contribution in [0.15, 0.2) is 41.3 Å². The van der Waals surface area contributed by atoms with E-state index in [0.29, 0.717) is 28.6 Å². The summed E-state index contributed by atoms with van der Waals surface area (Å²) in [6, 6.07) is 8.09. The number of anilines is 1. The summed E-state index contributed by atoms with van der Waals surface area (Å²) < 4.78 is 32.9. The van der Waals surface area contributed by atoms with Gasteiger partial charge in [-0.05, 0) is 62.7 Å². The standard InChI is InChI=1S/C18H20Cl2N2O4S/c1-4-26-17-8-6-14(9-11(17)2)27(24,25)22-12(3)18(23)21-16-7-5-13(19)10-15(16)20/h5-10,12,22H,4H2,1-3H3,(H,21,23)/t12-/m0/s1. The first kappa shape index (κ1) is 21.5. The fraction of sp³-hybridized carbons (Fsp3) is 0.278. The summed E-state index contributed by atoms with van der Waals surface area (Å²) in [5.41, 5.74) is 1.03. The zero-order chi connectivity index (χ0) is 20.2. The summed E-state index contributed by atoms with van der Waals surface area (Å²) in [7, 11) is -3.89. The van der Waals surface area contributed by atoms with Gasteiger partial charge in [-0.2, -0.15) is 4.72 Å². The van der Waals surface area contributed by atoms with E-state index in [-0.39, 0.29) is 9.92 Å². The highest BCUT2D eigenvalue weighted by Gasteiger charge is 2.23. The van der Waals surface area contributed by atoms with Gasteiger partial charge in [-0.15, -0.1) is 0 Å². The minimum absolute atomic E-state index is 0.0487. The molecule has 2 aromatic carbocycles. The van der Waals surface area contributed by atoms with E-state index in [1.165, 1.54) is 25.1 Å². The number of carbonyl (C=O) groups excluding carboxylic acids is 1. The first-order valence-corrected chi connectivity index (χ1v) is 10.4. The monoisotopic (exact) mass is 430 g/mol. The maximum Gasteiger partial charge on any atom is 0.242 e. The Kier molecular flexibility index (Phi) is 7.11. The van der Waals surface area contributed by atoms with E-state index < -0.39 is 22.0 Å². The predicted octanol–water partition coefficient (Wildman–Crippen LogP) is 4.01. The van der Waals surface area contributed by atoms with Gasteiger partial charge in [-0.3, -0.25) is 4.79 Å². The molecule has 2 rings (SSSR count). The molecular formula is C18H20Cl2N2O4S. The van der Waals surface area contributed by atoms with E-state index in [9.17, 15) is 13.2 Å². The Morgan fingerprint density at radius 2 is 1.89 bits per heavy atom. The Morgan fingerprint density at radius 3 is 2.48 bits per heavy atom. The highest BCUT2D eigenvalue weighted by atomic mass is 35.5. The van der Waals surface area contributed by atoms with E-state index in [0.717, 1.165) is 0 Å². The third kappa shape index (κ3) is 5.59. The van der Waals surface area contributed by atoms with Crippen LogP contribution in [0.25, 0.3) is 0 Å². The molecule has 0 spiro atoms. The van der Waals surface area contributed by atoms with Gasteiger partial charge in [0.2, 0.25) is 15.9 Å². The largest absolute Gasteiger partial charge is 0.494 e. The lowest BCUT2D eigenvalue weighted by Crippen LogP contribution is -2.41. The van der Waals surface area contributed by atoms with E-state index in [1.807, 2.05) is 6.92 Å². The molecule has 0 aliphatic carbocycles. The van der Waals surface area contributed by atoms with E-state index >= 15 is 0 Å². The van der Waals surface area contributed by atoms with Crippen LogP contribution in [-0.4, -0.2) is 27.0 Å². The van der Waals surface area contributed by atoms with Crippen molar-refractivity contribution in [3.05, 3.63) is 52.0 Å². The quantitative estimate of drug-likeness (QED) is 0.694. The van der Waals surface area contributed by atoms with Gasteiger partial charge in [-0.1, -0.05) is 23.2 Å². The van der Waals surface area contributed by atoms with Crippen LogP contribution in [0.2, 0.25) is 10.0 Å². The Hall–Kier alpha value is -1.80. The number of rotatable bonds is 7. The highest BCUT2D eigenvalue weighted by molar-refractivity contribution is 7.89. The number of aryl methyl sites for hydroxylation is 1. The van der Waals surface area contributed by atoms with Gasteiger partial charge in [0.1, 0.15) is 5.75 Å². The van der Waals surface area contributed by atoms with Crippen molar-refractivity contribution in [1.29, 1.82) is 0 Å². The third-order valence-corrected chi connectivity index (χ3v) is 5.76. The molecule has 0 aliphatic heterocycles. The summed E-state index contributed by atoms with van der Waals surface area (Å²) >= 11 is 11.8. The number of ether oxygens (including phenoxy) is 1. The average molecular weight is 431 g/mol. The van der Waals surface area contributed by atoms with Gasteiger partial charge in [0, 0.05) is 5.02 Å². The summed E-state index contributed by atoms with van der Waals surface area (Å²) in [5, 5.41) is 3.26. The fourth-order valence-electron chi connectivity index (χ4n) is 2.29. The first-order chi connectivity index (χ1) is 12.6. The van der Waals surface area contributed by atoms with E-state index in [2.05, 4.69) is 10.0 Å². The Balaban J connectivity index is 2.12. The van der Waals surface area contributed by atoms with Crippen LogP contribution in [0, 0.1) is 6.92 Å². The molecule has 2 aromatic rings. The minimum atomic E-state index is -3.89. The second kappa shape index (κ2) is 8.93. The molecule has 146 valence electrons. The van der Waals surface area contributed by atoms with Gasteiger partial charge < -0.3 is 10.1 Å². The van der Waals surface area contributed by atoms with Crippen molar-refractivity contribution in [3.63, 3.8) is 0 Å². The Bertz CT molecular complexity index is 948. The molecule has 0 radical (unpaired) electrons. The molecule has 6 nitrogen and oxygen atoms in total. The molecule has 0 fully saturated rings. The lowest BCUT2D eigenvalue weighted by molar-refractivity contribution is -0.117. The van der Waals surface area contributed by atoms with Crippen molar-refractivity contribution in [1.82, 2.24) is 4.72 Å². The molecule has 0 aliphatic rings. The molecule has 0 unspecified atom stereocenters. The van der Waals surface area contributed by atoms with Crippen LogP contribution in [0.1, 0.15) is 19.4 Å². The molecule has 0 saturated carbocycles. The summed E-state index contributed by atoms with van der Waals surface area (Å²) in [5.74, 6) is 0.0603. The van der Waals surface area contributed by atoms with Gasteiger partial charge in [-0.25, -0.2) is 8.42 Å². The fourth-order valence-corrected chi connectivity index (χ4v) is 4.04. The van der Waals surface area contributed by atoms with Crippen molar-refractivity contribution >= 4 is 44.8 Å². The van der Waals surface area contributed by atoms with Crippen LogP contribution < -0.4 is 14.8 Å². The molecule has 2 N–H and O–H groups in total. The molecule has 0 heterocycles.